The first-order chi connectivity index (χ1) is 15.5. The Morgan fingerprint density at radius 2 is 1.91 bits per heavy atom. The predicted molar refractivity (Wildman–Crippen MR) is 118 cm³/mol. The van der Waals surface area contributed by atoms with Gasteiger partial charge in [0.2, 0.25) is 5.91 Å². The van der Waals surface area contributed by atoms with Crippen molar-refractivity contribution in [1.82, 2.24) is 14.7 Å². The van der Waals surface area contributed by atoms with E-state index in [0.717, 1.165) is 12.1 Å². The minimum atomic E-state index is -4.39. The first kappa shape index (κ1) is 23.6. The van der Waals surface area contributed by atoms with E-state index < -0.39 is 21.6 Å². The lowest BCUT2D eigenvalue weighted by atomic mass is 10.1. The van der Waals surface area contributed by atoms with Crippen LogP contribution in [0, 0.1) is 6.92 Å². The van der Waals surface area contributed by atoms with Crippen LogP contribution >= 0.6 is 0 Å². The topological polar surface area (TPSA) is 87.5 Å². The number of rotatable bonds is 5. The molecule has 2 aromatic rings. The summed E-state index contributed by atoms with van der Waals surface area (Å²) in [7, 11) is -3.09. The highest BCUT2D eigenvalue weighted by atomic mass is 32.2. The van der Waals surface area contributed by atoms with Crippen molar-refractivity contribution in [1.29, 1.82) is 0 Å². The summed E-state index contributed by atoms with van der Waals surface area (Å²) in [6, 6.07) is 6.68. The third-order valence-electron chi connectivity index (χ3n) is 5.96. The number of alkyl halides is 3. The van der Waals surface area contributed by atoms with Crippen LogP contribution in [0.3, 0.4) is 0 Å². The van der Waals surface area contributed by atoms with Crippen LogP contribution in [-0.4, -0.2) is 73.2 Å². The molecule has 0 bridgehead atoms. The van der Waals surface area contributed by atoms with Crippen LogP contribution in [0.1, 0.15) is 23.7 Å². The number of benzene rings is 1. The highest BCUT2D eigenvalue weighted by molar-refractivity contribution is 7.91. The molecule has 1 atom stereocenters. The number of hydrogen-bond donors (Lipinski definition) is 1. The van der Waals surface area contributed by atoms with Gasteiger partial charge in [0.25, 0.3) is 0 Å². The zero-order valence-electron chi connectivity index (χ0n) is 18.2. The van der Waals surface area contributed by atoms with E-state index in [0.29, 0.717) is 49.8 Å². The molecular formula is C21H26F3N5O3S. The minimum Gasteiger partial charge on any atom is -0.369 e. The van der Waals surface area contributed by atoms with Crippen LogP contribution in [-0.2, 0) is 20.8 Å². The van der Waals surface area contributed by atoms with Gasteiger partial charge in [-0.25, -0.2) is 13.1 Å². The van der Waals surface area contributed by atoms with E-state index in [4.69, 9.17) is 0 Å². The summed E-state index contributed by atoms with van der Waals surface area (Å²) in [6.07, 6.45) is -3.92. The van der Waals surface area contributed by atoms with Crippen LogP contribution in [0.5, 0.6) is 0 Å². The number of aryl methyl sites for hydroxylation is 1. The molecule has 3 heterocycles. The molecule has 1 amide bonds. The monoisotopic (exact) mass is 485 g/mol. The number of carbonyl (C=O) groups is 1. The molecule has 0 spiro atoms. The smallest absolute Gasteiger partial charge is 0.369 e. The lowest BCUT2D eigenvalue weighted by molar-refractivity contribution is -0.137. The largest absolute Gasteiger partial charge is 0.416 e. The normalized spacial score (nSPS) is 21.3. The van der Waals surface area contributed by atoms with E-state index in [-0.39, 0.29) is 30.0 Å². The number of carbonyl (C=O) groups excluding carboxylic acids is 1. The van der Waals surface area contributed by atoms with Crippen LogP contribution in [0.15, 0.2) is 30.3 Å². The van der Waals surface area contributed by atoms with Gasteiger partial charge in [-0.15, -0.1) is 0 Å². The van der Waals surface area contributed by atoms with E-state index in [1.807, 2.05) is 9.80 Å². The van der Waals surface area contributed by atoms with Gasteiger partial charge in [-0.1, -0.05) is 6.07 Å². The second-order valence-corrected chi connectivity index (χ2v) is 10.8. The lowest BCUT2D eigenvalue weighted by Gasteiger charge is -2.36. The predicted octanol–water partition coefficient (Wildman–Crippen LogP) is 2.33. The summed E-state index contributed by atoms with van der Waals surface area (Å²) >= 11 is 0. The molecule has 1 unspecified atom stereocenters. The van der Waals surface area contributed by atoms with E-state index in [1.165, 1.54) is 6.07 Å². The molecule has 2 aliphatic rings. The summed E-state index contributed by atoms with van der Waals surface area (Å²) in [6.45, 7) is 3.98. The van der Waals surface area contributed by atoms with Gasteiger partial charge in [0.1, 0.15) is 5.82 Å². The molecule has 1 N–H and O–H groups in total. The van der Waals surface area contributed by atoms with Crippen molar-refractivity contribution in [3.8, 4) is 0 Å². The van der Waals surface area contributed by atoms with E-state index in [2.05, 4.69) is 10.4 Å². The second kappa shape index (κ2) is 8.98. The van der Waals surface area contributed by atoms with Gasteiger partial charge in [0, 0.05) is 37.9 Å². The van der Waals surface area contributed by atoms with Crippen molar-refractivity contribution in [3.63, 3.8) is 0 Å². The quantitative estimate of drug-likeness (QED) is 0.700. The second-order valence-electron chi connectivity index (χ2n) is 8.53. The fraction of sp³-hybridized carbons (Fsp3) is 0.524. The van der Waals surface area contributed by atoms with Crippen molar-refractivity contribution < 1.29 is 26.4 Å². The summed E-state index contributed by atoms with van der Waals surface area (Å²) in [5.74, 6) is 0.348. The maximum absolute atomic E-state index is 13.0. The number of halogens is 3. The van der Waals surface area contributed by atoms with Gasteiger partial charge in [-0.2, -0.15) is 18.3 Å². The molecule has 1 aromatic carbocycles. The summed E-state index contributed by atoms with van der Waals surface area (Å²) in [5.41, 5.74) is 0.521. The van der Waals surface area contributed by atoms with Crippen LogP contribution in [0.4, 0.5) is 24.7 Å². The van der Waals surface area contributed by atoms with Gasteiger partial charge < -0.3 is 10.2 Å². The van der Waals surface area contributed by atoms with Crippen LogP contribution in [0.2, 0.25) is 0 Å². The fourth-order valence-corrected chi connectivity index (χ4v) is 5.98. The molecule has 0 radical (unpaired) electrons. The van der Waals surface area contributed by atoms with Crippen molar-refractivity contribution in [2.24, 2.45) is 0 Å². The summed E-state index contributed by atoms with van der Waals surface area (Å²) < 4.78 is 64.2. The van der Waals surface area contributed by atoms with E-state index >= 15 is 0 Å². The zero-order valence-corrected chi connectivity index (χ0v) is 19.0. The van der Waals surface area contributed by atoms with Crippen molar-refractivity contribution in [3.05, 3.63) is 41.6 Å². The number of anilines is 2. The van der Waals surface area contributed by atoms with Gasteiger partial charge in [-0.05, 0) is 31.5 Å². The average Bonchev–Trinajstić information content (AvgIpc) is 3.29. The molecule has 2 saturated heterocycles. The molecular weight excluding hydrogens is 459 g/mol. The van der Waals surface area contributed by atoms with Crippen molar-refractivity contribution in [2.75, 3.05) is 54.4 Å². The molecule has 1 aromatic heterocycles. The number of amides is 1. The first-order valence-corrected chi connectivity index (χ1v) is 12.5. The third kappa shape index (κ3) is 5.67. The summed E-state index contributed by atoms with van der Waals surface area (Å²) in [4.78, 5) is 16.5. The highest BCUT2D eigenvalue weighted by Gasteiger charge is 2.32. The molecule has 0 saturated carbocycles. The number of nitrogens with zero attached hydrogens (tertiary/aromatic N) is 4. The molecule has 8 nitrogen and oxygen atoms in total. The Morgan fingerprint density at radius 3 is 2.55 bits per heavy atom. The number of hydrogen-bond acceptors (Lipinski definition) is 6. The highest BCUT2D eigenvalue weighted by Crippen LogP contribution is 2.32. The zero-order chi connectivity index (χ0) is 23.8. The lowest BCUT2D eigenvalue weighted by Crippen LogP contribution is -2.48. The standard InChI is InChI=1S/C21H26F3N5O3S/c1-15-11-19(29(26-15)18-5-10-33(31,32)14-18)25-20(30)13-27-6-8-28(9-7-27)17-4-2-3-16(12-17)21(22,23)24/h2-4,11-12,18H,5-10,13-14H2,1H3,(H,25,30). The van der Waals surface area contributed by atoms with Gasteiger partial charge in [-0.3, -0.25) is 9.69 Å². The van der Waals surface area contributed by atoms with Gasteiger partial charge >= 0.3 is 6.18 Å². The molecule has 0 aliphatic carbocycles. The third-order valence-corrected chi connectivity index (χ3v) is 7.71. The maximum atomic E-state index is 13.0. The first-order valence-electron chi connectivity index (χ1n) is 10.7. The molecule has 4 rings (SSSR count). The number of sulfone groups is 1. The number of piperazine rings is 1. The Kier molecular flexibility index (Phi) is 6.41. The number of aromatic nitrogens is 2. The van der Waals surface area contributed by atoms with Crippen LogP contribution in [0.25, 0.3) is 0 Å². The fourth-order valence-electron chi connectivity index (χ4n) is 4.29. The molecule has 180 valence electrons. The van der Waals surface area contributed by atoms with Gasteiger partial charge in [0.05, 0.1) is 35.3 Å². The van der Waals surface area contributed by atoms with Gasteiger partial charge in [0.15, 0.2) is 9.84 Å². The average molecular weight is 486 g/mol. The van der Waals surface area contributed by atoms with Crippen molar-refractivity contribution >= 4 is 27.2 Å². The Labute approximate surface area is 190 Å². The Hall–Kier alpha value is -2.60. The maximum Gasteiger partial charge on any atom is 0.416 e. The Bertz CT molecular complexity index is 1120. The Morgan fingerprint density at radius 1 is 1.18 bits per heavy atom. The summed E-state index contributed by atoms with van der Waals surface area (Å²) in [5, 5.41) is 7.20. The molecule has 2 aliphatic heterocycles. The van der Waals surface area contributed by atoms with Crippen molar-refractivity contribution in [2.45, 2.75) is 25.6 Å². The Balaban J connectivity index is 1.33. The van der Waals surface area contributed by atoms with E-state index in [9.17, 15) is 26.4 Å². The molecule has 12 heteroatoms. The number of nitrogens with one attached hydrogen (secondary N) is 1. The van der Waals surface area contributed by atoms with E-state index in [1.54, 1.807) is 23.7 Å². The SMILES string of the molecule is Cc1cc(NC(=O)CN2CCN(c3cccc(C(F)(F)F)c3)CC2)n(C2CCS(=O)(=O)C2)n1. The molecule has 33 heavy (non-hydrogen) atoms. The van der Waals surface area contributed by atoms with Crippen LogP contribution < -0.4 is 10.2 Å². The molecule has 2 fully saturated rings. The minimum absolute atomic E-state index is 0.00842.